The fraction of sp³-hybridized carbons (Fsp3) is 0.133. The molecule has 2 aromatic carbocycles. The van der Waals surface area contributed by atoms with Gasteiger partial charge in [0.2, 0.25) is 0 Å². The molecule has 1 fully saturated rings. The summed E-state index contributed by atoms with van der Waals surface area (Å²) in [5, 5.41) is 13.6. The van der Waals surface area contributed by atoms with Gasteiger partial charge in [0.25, 0.3) is 15.8 Å². The lowest BCUT2D eigenvalue weighted by Gasteiger charge is -2.17. The molecule has 1 saturated heterocycles. The molecule has 0 spiro atoms. The van der Waals surface area contributed by atoms with E-state index in [2.05, 4.69) is 5.32 Å². The van der Waals surface area contributed by atoms with Gasteiger partial charge < -0.3 is 5.32 Å². The standard InChI is InChI=1S/C15H13N3O6S/c19-15-16-6-7-17(15)11-4-5-14(25(22,23)24)13(9-11)10-2-1-3-12(8-10)18(20)21/h1-5,8-9H,6-7H2,(H,16,19)(H,22,23,24). The Morgan fingerprint density at radius 1 is 1.20 bits per heavy atom. The number of nitro benzene ring substituents is 1. The number of nitro groups is 1. The first-order chi connectivity index (χ1) is 11.8. The number of hydrogen-bond acceptors (Lipinski definition) is 5. The van der Waals surface area contributed by atoms with Crippen molar-refractivity contribution in [1.29, 1.82) is 0 Å². The van der Waals surface area contributed by atoms with Crippen molar-refractivity contribution in [3.05, 3.63) is 52.6 Å². The Bertz CT molecular complexity index is 973. The van der Waals surface area contributed by atoms with Gasteiger partial charge in [0.05, 0.1) is 4.92 Å². The Balaban J connectivity index is 2.19. The average molecular weight is 363 g/mol. The van der Waals surface area contributed by atoms with E-state index in [1.807, 2.05) is 0 Å². The van der Waals surface area contributed by atoms with Crippen LogP contribution in [0.1, 0.15) is 0 Å². The van der Waals surface area contributed by atoms with E-state index in [1.165, 1.54) is 47.4 Å². The van der Waals surface area contributed by atoms with Gasteiger partial charge in [0, 0.05) is 36.5 Å². The van der Waals surface area contributed by atoms with Crippen molar-refractivity contribution in [1.82, 2.24) is 5.32 Å². The lowest BCUT2D eigenvalue weighted by molar-refractivity contribution is -0.384. The van der Waals surface area contributed by atoms with Gasteiger partial charge in [-0.15, -0.1) is 0 Å². The number of nitrogens with one attached hydrogen (secondary N) is 1. The van der Waals surface area contributed by atoms with Crippen LogP contribution in [0.4, 0.5) is 16.2 Å². The minimum Gasteiger partial charge on any atom is -0.336 e. The smallest absolute Gasteiger partial charge is 0.321 e. The SMILES string of the molecule is O=C1NCCN1c1ccc(S(=O)(=O)O)c(-c2cccc([N+](=O)[O-])c2)c1. The van der Waals surface area contributed by atoms with Gasteiger partial charge in [-0.3, -0.25) is 19.6 Å². The molecule has 2 amide bonds. The minimum atomic E-state index is -4.56. The molecule has 0 aliphatic carbocycles. The molecular weight excluding hydrogens is 350 g/mol. The number of non-ortho nitro benzene ring substituents is 1. The third-order valence-corrected chi connectivity index (χ3v) is 4.69. The van der Waals surface area contributed by atoms with E-state index in [0.29, 0.717) is 18.8 Å². The second-order valence-corrected chi connectivity index (χ2v) is 6.74. The summed E-state index contributed by atoms with van der Waals surface area (Å²) in [6.07, 6.45) is 0. The lowest BCUT2D eigenvalue weighted by atomic mass is 10.0. The Morgan fingerprint density at radius 3 is 2.56 bits per heavy atom. The third-order valence-electron chi connectivity index (χ3n) is 3.78. The van der Waals surface area contributed by atoms with Crippen molar-refractivity contribution >= 4 is 27.5 Å². The van der Waals surface area contributed by atoms with Crippen LogP contribution >= 0.6 is 0 Å². The highest BCUT2D eigenvalue weighted by molar-refractivity contribution is 7.86. The molecule has 0 saturated carbocycles. The zero-order valence-corrected chi connectivity index (χ0v) is 13.6. The van der Waals surface area contributed by atoms with Crippen molar-refractivity contribution in [3.63, 3.8) is 0 Å². The Morgan fingerprint density at radius 2 is 1.96 bits per heavy atom. The highest BCUT2D eigenvalue weighted by atomic mass is 32.2. The topological polar surface area (TPSA) is 130 Å². The van der Waals surface area contributed by atoms with Gasteiger partial charge in [-0.2, -0.15) is 8.42 Å². The average Bonchev–Trinajstić information content (AvgIpc) is 2.99. The first kappa shape index (κ1) is 16.9. The highest BCUT2D eigenvalue weighted by Gasteiger charge is 2.24. The van der Waals surface area contributed by atoms with Crippen LogP contribution in [-0.2, 0) is 10.1 Å². The second-order valence-electron chi connectivity index (χ2n) is 5.35. The van der Waals surface area contributed by atoms with E-state index in [-0.39, 0.29) is 22.8 Å². The number of hydrogen-bond donors (Lipinski definition) is 2. The Kier molecular flexibility index (Phi) is 4.15. The molecule has 2 N–H and O–H groups in total. The van der Waals surface area contributed by atoms with Crippen LogP contribution < -0.4 is 10.2 Å². The maximum Gasteiger partial charge on any atom is 0.321 e. The van der Waals surface area contributed by atoms with Gasteiger partial charge >= 0.3 is 6.03 Å². The van der Waals surface area contributed by atoms with Crippen LogP contribution in [0.5, 0.6) is 0 Å². The van der Waals surface area contributed by atoms with Crippen molar-refractivity contribution in [2.75, 3.05) is 18.0 Å². The van der Waals surface area contributed by atoms with Crippen molar-refractivity contribution < 1.29 is 22.7 Å². The first-order valence-electron chi connectivity index (χ1n) is 7.19. The van der Waals surface area contributed by atoms with E-state index in [9.17, 15) is 27.9 Å². The van der Waals surface area contributed by atoms with E-state index in [4.69, 9.17) is 0 Å². The van der Waals surface area contributed by atoms with Crippen LogP contribution in [-0.4, -0.2) is 37.0 Å². The molecule has 0 bridgehead atoms. The Hall–Kier alpha value is -2.98. The monoisotopic (exact) mass is 363 g/mol. The van der Waals surface area contributed by atoms with Crippen LogP contribution in [0.15, 0.2) is 47.4 Å². The zero-order valence-electron chi connectivity index (χ0n) is 12.7. The van der Waals surface area contributed by atoms with E-state index in [1.54, 1.807) is 0 Å². The van der Waals surface area contributed by atoms with Gasteiger partial charge in [0.15, 0.2) is 0 Å². The molecule has 0 radical (unpaired) electrons. The van der Waals surface area contributed by atoms with E-state index >= 15 is 0 Å². The molecule has 10 heteroatoms. The maximum absolute atomic E-state index is 11.8. The number of anilines is 1. The van der Waals surface area contributed by atoms with Crippen LogP contribution in [0.25, 0.3) is 11.1 Å². The summed E-state index contributed by atoms with van der Waals surface area (Å²) < 4.78 is 32.8. The van der Waals surface area contributed by atoms with Gasteiger partial charge in [-0.25, -0.2) is 4.79 Å². The van der Waals surface area contributed by atoms with E-state index < -0.39 is 19.9 Å². The van der Waals surface area contributed by atoms with Crippen molar-refractivity contribution in [2.45, 2.75) is 4.90 Å². The molecule has 3 rings (SSSR count). The summed E-state index contributed by atoms with van der Waals surface area (Å²) in [6.45, 7) is 0.851. The molecule has 130 valence electrons. The molecule has 25 heavy (non-hydrogen) atoms. The molecule has 0 aromatic heterocycles. The summed E-state index contributed by atoms with van der Waals surface area (Å²) in [4.78, 5) is 23.2. The summed E-state index contributed by atoms with van der Waals surface area (Å²) >= 11 is 0. The Labute approximate surface area is 142 Å². The number of benzene rings is 2. The molecule has 1 aliphatic heterocycles. The number of urea groups is 1. The fourth-order valence-electron chi connectivity index (χ4n) is 2.64. The van der Waals surface area contributed by atoms with Gasteiger partial charge in [-0.1, -0.05) is 12.1 Å². The second kappa shape index (κ2) is 6.15. The number of rotatable bonds is 4. The third kappa shape index (κ3) is 3.30. The number of carbonyl (C=O) groups is 1. The lowest BCUT2D eigenvalue weighted by Crippen LogP contribution is -2.27. The van der Waals surface area contributed by atoms with Crippen LogP contribution in [0, 0.1) is 10.1 Å². The highest BCUT2D eigenvalue weighted by Crippen LogP contribution is 2.33. The fourth-order valence-corrected chi connectivity index (χ4v) is 3.34. The predicted molar refractivity (Wildman–Crippen MR) is 89.1 cm³/mol. The molecule has 0 atom stereocenters. The summed E-state index contributed by atoms with van der Waals surface area (Å²) in [6, 6.07) is 9.03. The number of nitrogens with zero attached hydrogens (tertiary/aromatic N) is 2. The molecule has 9 nitrogen and oxygen atoms in total. The zero-order chi connectivity index (χ0) is 18.2. The summed E-state index contributed by atoms with van der Waals surface area (Å²) in [7, 11) is -4.56. The number of amides is 2. The molecular formula is C15H13N3O6S. The molecule has 1 aliphatic rings. The minimum absolute atomic E-state index is 0.0726. The first-order valence-corrected chi connectivity index (χ1v) is 8.63. The number of carbonyl (C=O) groups excluding carboxylic acids is 1. The molecule has 1 heterocycles. The summed E-state index contributed by atoms with van der Waals surface area (Å²) in [5.74, 6) is 0. The molecule has 0 unspecified atom stereocenters. The summed E-state index contributed by atoms with van der Waals surface area (Å²) in [5.41, 5.74) is 0.513. The van der Waals surface area contributed by atoms with Gasteiger partial charge in [0.1, 0.15) is 4.90 Å². The predicted octanol–water partition coefficient (Wildman–Crippen LogP) is 2.04. The van der Waals surface area contributed by atoms with Crippen molar-refractivity contribution in [3.8, 4) is 11.1 Å². The van der Waals surface area contributed by atoms with Crippen LogP contribution in [0.3, 0.4) is 0 Å². The maximum atomic E-state index is 11.8. The largest absolute Gasteiger partial charge is 0.336 e. The van der Waals surface area contributed by atoms with Gasteiger partial charge in [-0.05, 0) is 23.8 Å². The normalized spacial score (nSPS) is 14.4. The molecule has 2 aromatic rings. The van der Waals surface area contributed by atoms with Crippen molar-refractivity contribution in [2.24, 2.45) is 0 Å². The van der Waals surface area contributed by atoms with Crippen LogP contribution in [0.2, 0.25) is 0 Å². The van der Waals surface area contributed by atoms with E-state index in [0.717, 1.165) is 0 Å². The quantitative estimate of drug-likeness (QED) is 0.486.